The third-order valence-electron chi connectivity index (χ3n) is 6.77. The van der Waals surface area contributed by atoms with Crippen LogP contribution in [0.5, 0.6) is 5.75 Å². The summed E-state index contributed by atoms with van der Waals surface area (Å²) in [7, 11) is 0. The molecule has 2 aliphatic carbocycles. The maximum absolute atomic E-state index is 12.9. The van der Waals surface area contributed by atoms with Gasteiger partial charge in [-0.1, -0.05) is 43.4 Å². The normalized spacial score (nSPS) is 23.9. The monoisotopic (exact) mass is 456 g/mol. The number of aryl methyl sites for hydroxylation is 1. The van der Waals surface area contributed by atoms with Crippen LogP contribution in [0.4, 0.5) is 13.2 Å². The van der Waals surface area contributed by atoms with Crippen molar-refractivity contribution in [2.75, 3.05) is 19.8 Å². The summed E-state index contributed by atoms with van der Waals surface area (Å²) in [6.07, 6.45) is 4.92. The minimum Gasteiger partial charge on any atom is -0.493 e. The van der Waals surface area contributed by atoms with E-state index >= 15 is 0 Å². The summed E-state index contributed by atoms with van der Waals surface area (Å²) in [5.41, 5.74) is 3.44. The first-order chi connectivity index (χ1) is 15.7. The van der Waals surface area contributed by atoms with Gasteiger partial charge >= 0.3 is 6.18 Å². The molecule has 5 rings (SSSR count). The molecule has 0 bridgehead atoms. The molecule has 0 radical (unpaired) electrons. The van der Waals surface area contributed by atoms with Crippen molar-refractivity contribution in [1.29, 1.82) is 0 Å². The number of fused-ring (bicyclic) bond motifs is 1. The van der Waals surface area contributed by atoms with E-state index in [9.17, 15) is 13.2 Å². The number of allylic oxidation sites excluding steroid dienone is 3. The fourth-order valence-corrected chi connectivity index (χ4v) is 4.91. The van der Waals surface area contributed by atoms with Crippen molar-refractivity contribution in [2.45, 2.75) is 44.6 Å². The van der Waals surface area contributed by atoms with Crippen LogP contribution < -0.4 is 4.74 Å². The first kappa shape index (κ1) is 22.2. The molecule has 3 nitrogen and oxygen atoms in total. The Bertz CT molecular complexity index is 1080. The summed E-state index contributed by atoms with van der Waals surface area (Å²) in [6, 6.07) is 11.6. The number of alkyl halides is 3. The van der Waals surface area contributed by atoms with Gasteiger partial charge in [0, 0.05) is 18.3 Å². The number of ether oxygens (including phenoxy) is 3. The Morgan fingerprint density at radius 2 is 1.73 bits per heavy atom. The summed E-state index contributed by atoms with van der Waals surface area (Å²) in [5.74, 6) is 0.384. The molecule has 2 aromatic rings. The fourth-order valence-electron chi connectivity index (χ4n) is 4.91. The molecule has 1 fully saturated rings. The molecule has 1 heterocycles. The van der Waals surface area contributed by atoms with Gasteiger partial charge in [0.2, 0.25) is 0 Å². The van der Waals surface area contributed by atoms with Crippen LogP contribution in [0.15, 0.2) is 60.7 Å². The molecule has 2 aromatic carbocycles. The van der Waals surface area contributed by atoms with Crippen LogP contribution in [0, 0.1) is 5.41 Å². The van der Waals surface area contributed by atoms with E-state index in [0.717, 1.165) is 48.3 Å². The molecular weight excluding hydrogens is 429 g/mol. The van der Waals surface area contributed by atoms with Crippen molar-refractivity contribution >= 4 is 5.57 Å². The highest BCUT2D eigenvalue weighted by Crippen LogP contribution is 2.39. The van der Waals surface area contributed by atoms with Crippen LogP contribution in [-0.4, -0.2) is 25.6 Å². The first-order valence-electron chi connectivity index (χ1n) is 11.3. The van der Waals surface area contributed by atoms with Crippen LogP contribution in [0.1, 0.15) is 42.0 Å². The Kier molecular flexibility index (Phi) is 5.61. The SMILES string of the molecule is CC1(COc2ccc3c(c2)CCC2(C3)OCCO2)C=CC=C(c2ccc(C(F)(F)F)cc2)C1. The highest BCUT2D eigenvalue weighted by atomic mass is 19.4. The lowest BCUT2D eigenvalue weighted by Crippen LogP contribution is -2.36. The lowest BCUT2D eigenvalue weighted by molar-refractivity contribution is -0.163. The zero-order chi connectivity index (χ0) is 23.1. The molecular formula is C27H27F3O3. The maximum atomic E-state index is 12.9. The van der Waals surface area contributed by atoms with E-state index < -0.39 is 17.5 Å². The predicted molar refractivity (Wildman–Crippen MR) is 120 cm³/mol. The van der Waals surface area contributed by atoms with Gasteiger partial charge in [-0.3, -0.25) is 0 Å². The standard InChI is InChI=1S/C27H27F3O3/c1-25(11-2-3-21(16-25)19-4-7-23(8-5-19)27(28,29)30)18-31-24-9-6-22-17-26(32-13-14-33-26)12-10-20(22)15-24/h2-9,11,15H,10,12-14,16-18H2,1H3. The second kappa shape index (κ2) is 8.33. The predicted octanol–water partition coefficient (Wildman–Crippen LogP) is 6.37. The topological polar surface area (TPSA) is 27.7 Å². The molecule has 1 atom stereocenters. The molecule has 1 aliphatic heterocycles. The third kappa shape index (κ3) is 4.73. The van der Waals surface area contributed by atoms with Crippen molar-refractivity contribution < 1.29 is 27.4 Å². The van der Waals surface area contributed by atoms with Gasteiger partial charge in [-0.15, -0.1) is 0 Å². The Morgan fingerprint density at radius 1 is 0.970 bits per heavy atom. The number of hydrogen-bond donors (Lipinski definition) is 0. The van der Waals surface area contributed by atoms with Crippen LogP contribution in [0.2, 0.25) is 0 Å². The minimum atomic E-state index is -4.33. The number of rotatable bonds is 4. The van der Waals surface area contributed by atoms with Gasteiger partial charge in [0.05, 0.1) is 25.4 Å². The minimum absolute atomic E-state index is 0.252. The van der Waals surface area contributed by atoms with Crippen molar-refractivity contribution in [3.8, 4) is 5.75 Å². The highest BCUT2D eigenvalue weighted by Gasteiger charge is 2.39. The van der Waals surface area contributed by atoms with Crippen molar-refractivity contribution in [3.63, 3.8) is 0 Å². The second-order valence-corrected chi connectivity index (χ2v) is 9.46. The lowest BCUT2D eigenvalue weighted by atomic mass is 9.79. The van der Waals surface area contributed by atoms with Crippen molar-refractivity contribution in [3.05, 3.63) is 82.9 Å². The molecule has 33 heavy (non-hydrogen) atoms. The Labute approximate surface area is 191 Å². The first-order valence-corrected chi connectivity index (χ1v) is 11.3. The maximum Gasteiger partial charge on any atom is 0.416 e. The molecule has 6 heteroatoms. The van der Waals surface area contributed by atoms with Gasteiger partial charge in [-0.2, -0.15) is 13.2 Å². The summed E-state index contributed by atoms with van der Waals surface area (Å²) in [6.45, 7) is 3.91. The fraction of sp³-hybridized carbons (Fsp3) is 0.407. The quantitative estimate of drug-likeness (QED) is 0.535. The second-order valence-electron chi connectivity index (χ2n) is 9.46. The van der Waals surface area contributed by atoms with Gasteiger partial charge in [0.1, 0.15) is 5.75 Å². The summed E-state index contributed by atoms with van der Waals surface area (Å²) in [5, 5.41) is 0. The highest BCUT2D eigenvalue weighted by molar-refractivity contribution is 5.69. The van der Waals surface area contributed by atoms with E-state index in [1.54, 1.807) is 12.1 Å². The molecule has 3 aliphatic rings. The van der Waals surface area contributed by atoms with Gasteiger partial charge in [-0.05, 0) is 59.4 Å². The van der Waals surface area contributed by atoms with E-state index in [-0.39, 0.29) is 5.41 Å². The van der Waals surface area contributed by atoms with E-state index in [1.165, 1.54) is 11.1 Å². The average molecular weight is 457 g/mol. The van der Waals surface area contributed by atoms with Gasteiger partial charge in [0.25, 0.3) is 0 Å². The number of hydrogen-bond acceptors (Lipinski definition) is 3. The Hall–Kier alpha value is -2.57. The number of halogens is 3. The Morgan fingerprint density at radius 3 is 2.45 bits per heavy atom. The molecule has 0 aromatic heterocycles. The molecule has 0 saturated carbocycles. The number of benzene rings is 2. The lowest BCUT2D eigenvalue weighted by Gasteiger charge is -2.33. The zero-order valence-corrected chi connectivity index (χ0v) is 18.6. The summed E-state index contributed by atoms with van der Waals surface area (Å²) in [4.78, 5) is 0. The van der Waals surface area contributed by atoms with Crippen molar-refractivity contribution in [2.24, 2.45) is 5.41 Å². The largest absolute Gasteiger partial charge is 0.493 e. The van der Waals surface area contributed by atoms with E-state index in [0.29, 0.717) is 26.2 Å². The van der Waals surface area contributed by atoms with Gasteiger partial charge in [0.15, 0.2) is 5.79 Å². The van der Waals surface area contributed by atoms with Crippen LogP contribution >= 0.6 is 0 Å². The van der Waals surface area contributed by atoms with E-state index in [2.05, 4.69) is 25.1 Å². The van der Waals surface area contributed by atoms with Gasteiger partial charge in [-0.25, -0.2) is 0 Å². The smallest absolute Gasteiger partial charge is 0.416 e. The van der Waals surface area contributed by atoms with E-state index in [4.69, 9.17) is 14.2 Å². The van der Waals surface area contributed by atoms with Crippen molar-refractivity contribution in [1.82, 2.24) is 0 Å². The average Bonchev–Trinajstić information content (AvgIpc) is 3.25. The zero-order valence-electron chi connectivity index (χ0n) is 18.6. The summed E-state index contributed by atoms with van der Waals surface area (Å²) < 4.78 is 56.5. The molecule has 1 unspecified atom stereocenters. The van der Waals surface area contributed by atoms with Gasteiger partial charge < -0.3 is 14.2 Å². The van der Waals surface area contributed by atoms with Crippen LogP contribution in [0.3, 0.4) is 0 Å². The molecule has 0 amide bonds. The van der Waals surface area contributed by atoms with E-state index in [1.807, 2.05) is 18.2 Å². The Balaban J connectivity index is 1.23. The van der Waals surface area contributed by atoms with Crippen LogP contribution in [-0.2, 0) is 28.5 Å². The molecule has 174 valence electrons. The van der Waals surface area contributed by atoms with Crippen LogP contribution in [0.25, 0.3) is 5.57 Å². The third-order valence-corrected chi connectivity index (χ3v) is 6.77. The molecule has 1 saturated heterocycles. The summed E-state index contributed by atoms with van der Waals surface area (Å²) >= 11 is 0. The molecule has 1 spiro atoms. The molecule has 0 N–H and O–H groups in total.